The molecule has 0 aliphatic heterocycles. The molecule has 0 saturated heterocycles. The maximum absolute atomic E-state index is 13.3. The van der Waals surface area contributed by atoms with Gasteiger partial charge in [-0.1, -0.05) is 12.1 Å². The fourth-order valence-corrected chi connectivity index (χ4v) is 2.96. The number of anilines is 2. The molecule has 0 atom stereocenters. The van der Waals surface area contributed by atoms with Crippen LogP contribution in [0.15, 0.2) is 41.3 Å². The Labute approximate surface area is 117 Å². The lowest BCUT2D eigenvalue weighted by Gasteiger charge is -2.11. The number of nitrogens with two attached hydrogens (primary N) is 1. The van der Waals surface area contributed by atoms with Crippen LogP contribution in [0, 0.1) is 19.7 Å². The average Bonchev–Trinajstić information content (AvgIpc) is 2.36. The van der Waals surface area contributed by atoms with Crippen LogP contribution in [0.25, 0.3) is 0 Å². The molecule has 0 aliphatic rings. The molecule has 0 saturated carbocycles. The van der Waals surface area contributed by atoms with E-state index < -0.39 is 15.8 Å². The van der Waals surface area contributed by atoms with E-state index >= 15 is 0 Å². The fraction of sp³-hybridized carbons (Fsp3) is 0.143. The molecule has 0 aliphatic carbocycles. The number of benzene rings is 2. The highest BCUT2D eigenvalue weighted by Gasteiger charge is 2.19. The van der Waals surface area contributed by atoms with E-state index in [1.807, 2.05) is 19.9 Å². The van der Waals surface area contributed by atoms with E-state index in [1.54, 1.807) is 12.1 Å². The highest BCUT2D eigenvalue weighted by Crippen LogP contribution is 2.24. The highest BCUT2D eigenvalue weighted by molar-refractivity contribution is 7.92. The summed E-state index contributed by atoms with van der Waals surface area (Å²) in [4.78, 5) is -0.268. The van der Waals surface area contributed by atoms with Gasteiger partial charge in [-0.15, -0.1) is 0 Å². The van der Waals surface area contributed by atoms with Crippen molar-refractivity contribution >= 4 is 21.4 Å². The Bertz CT molecular complexity index is 758. The van der Waals surface area contributed by atoms with Crippen molar-refractivity contribution in [1.82, 2.24) is 0 Å². The van der Waals surface area contributed by atoms with E-state index in [0.29, 0.717) is 5.69 Å². The summed E-state index contributed by atoms with van der Waals surface area (Å²) < 4.78 is 40.2. The Morgan fingerprint density at radius 1 is 1.10 bits per heavy atom. The topological polar surface area (TPSA) is 72.2 Å². The van der Waals surface area contributed by atoms with Crippen LogP contribution in [0.5, 0.6) is 0 Å². The van der Waals surface area contributed by atoms with Crippen molar-refractivity contribution in [1.29, 1.82) is 0 Å². The normalized spacial score (nSPS) is 11.3. The SMILES string of the molecule is Cc1ccc(NS(=O)(=O)c2cccc(F)c2N)cc1C. The van der Waals surface area contributed by atoms with Gasteiger partial charge in [0.05, 0.1) is 5.69 Å². The summed E-state index contributed by atoms with van der Waals surface area (Å²) in [5.74, 6) is -0.757. The van der Waals surface area contributed by atoms with Crippen molar-refractivity contribution in [2.45, 2.75) is 18.7 Å². The number of hydrogen-bond acceptors (Lipinski definition) is 3. The summed E-state index contributed by atoms with van der Waals surface area (Å²) in [5, 5.41) is 0. The third-order valence-corrected chi connectivity index (χ3v) is 4.50. The summed E-state index contributed by atoms with van der Waals surface area (Å²) in [7, 11) is -3.91. The Morgan fingerprint density at radius 2 is 1.80 bits per heavy atom. The molecule has 0 heterocycles. The van der Waals surface area contributed by atoms with Crippen molar-refractivity contribution in [2.24, 2.45) is 0 Å². The van der Waals surface area contributed by atoms with Gasteiger partial charge in [-0.05, 0) is 49.2 Å². The van der Waals surface area contributed by atoms with Crippen LogP contribution in [-0.2, 0) is 10.0 Å². The van der Waals surface area contributed by atoms with Gasteiger partial charge in [0.1, 0.15) is 10.7 Å². The second kappa shape index (κ2) is 5.13. The Balaban J connectivity index is 2.41. The van der Waals surface area contributed by atoms with Crippen molar-refractivity contribution < 1.29 is 12.8 Å². The van der Waals surface area contributed by atoms with Gasteiger partial charge in [-0.3, -0.25) is 4.72 Å². The smallest absolute Gasteiger partial charge is 0.264 e. The lowest BCUT2D eigenvalue weighted by Crippen LogP contribution is -2.15. The Kier molecular flexibility index (Phi) is 3.67. The molecule has 0 spiro atoms. The molecule has 0 bridgehead atoms. The molecule has 0 amide bonds. The summed E-state index contributed by atoms with van der Waals surface area (Å²) in [6.45, 7) is 3.81. The lowest BCUT2D eigenvalue weighted by atomic mass is 10.1. The third kappa shape index (κ3) is 2.75. The standard InChI is InChI=1S/C14H15FN2O2S/c1-9-6-7-11(8-10(9)2)17-20(18,19)13-5-3-4-12(15)14(13)16/h3-8,17H,16H2,1-2H3. The van der Waals surface area contributed by atoms with Crippen molar-refractivity contribution in [3.63, 3.8) is 0 Å². The number of halogens is 1. The zero-order valence-corrected chi connectivity index (χ0v) is 12.0. The minimum absolute atomic E-state index is 0.268. The monoisotopic (exact) mass is 294 g/mol. The molecule has 0 unspecified atom stereocenters. The number of sulfonamides is 1. The van der Waals surface area contributed by atoms with Gasteiger partial charge >= 0.3 is 0 Å². The first-order chi connectivity index (χ1) is 9.31. The van der Waals surface area contributed by atoms with Gasteiger partial charge in [-0.2, -0.15) is 0 Å². The van der Waals surface area contributed by atoms with Crippen LogP contribution in [0.3, 0.4) is 0 Å². The second-order valence-electron chi connectivity index (χ2n) is 4.56. The first kappa shape index (κ1) is 14.3. The molecule has 0 fully saturated rings. The third-order valence-electron chi connectivity index (χ3n) is 3.06. The Hall–Kier alpha value is -2.08. The van der Waals surface area contributed by atoms with Crippen LogP contribution in [-0.4, -0.2) is 8.42 Å². The van der Waals surface area contributed by atoms with Crippen molar-refractivity contribution in [2.75, 3.05) is 10.5 Å². The van der Waals surface area contributed by atoms with E-state index in [2.05, 4.69) is 4.72 Å². The van der Waals surface area contributed by atoms with E-state index in [4.69, 9.17) is 5.73 Å². The summed E-state index contributed by atoms with van der Waals surface area (Å²) in [6.07, 6.45) is 0. The van der Waals surface area contributed by atoms with E-state index in [0.717, 1.165) is 17.2 Å². The number of para-hydroxylation sites is 1. The summed E-state index contributed by atoms with van der Waals surface area (Å²) in [6, 6.07) is 8.85. The average molecular weight is 294 g/mol. The first-order valence-electron chi connectivity index (χ1n) is 5.95. The molecule has 0 aromatic heterocycles. The van der Waals surface area contributed by atoms with Crippen LogP contribution in [0.4, 0.5) is 15.8 Å². The maximum Gasteiger partial charge on any atom is 0.264 e. The fourth-order valence-electron chi connectivity index (χ4n) is 1.77. The minimum atomic E-state index is -3.91. The van der Waals surface area contributed by atoms with Crippen molar-refractivity contribution in [3.8, 4) is 0 Å². The van der Waals surface area contributed by atoms with E-state index in [1.165, 1.54) is 12.1 Å². The van der Waals surface area contributed by atoms with Crippen LogP contribution < -0.4 is 10.5 Å². The summed E-state index contributed by atoms with van der Waals surface area (Å²) in [5.41, 5.74) is 7.52. The number of nitrogen functional groups attached to an aromatic ring is 1. The zero-order valence-electron chi connectivity index (χ0n) is 11.1. The molecule has 3 N–H and O–H groups in total. The number of aryl methyl sites for hydroxylation is 2. The summed E-state index contributed by atoms with van der Waals surface area (Å²) >= 11 is 0. The van der Waals surface area contributed by atoms with Gasteiger partial charge in [0.2, 0.25) is 0 Å². The van der Waals surface area contributed by atoms with Crippen LogP contribution in [0.2, 0.25) is 0 Å². The minimum Gasteiger partial charge on any atom is -0.395 e. The molecule has 2 rings (SSSR count). The van der Waals surface area contributed by atoms with E-state index in [-0.39, 0.29) is 10.6 Å². The van der Waals surface area contributed by atoms with Gasteiger partial charge in [0, 0.05) is 5.69 Å². The molecule has 4 nitrogen and oxygen atoms in total. The van der Waals surface area contributed by atoms with Gasteiger partial charge < -0.3 is 5.73 Å². The van der Waals surface area contributed by atoms with Gasteiger partial charge in [-0.25, -0.2) is 12.8 Å². The Morgan fingerprint density at radius 3 is 2.45 bits per heavy atom. The largest absolute Gasteiger partial charge is 0.395 e. The quantitative estimate of drug-likeness (QED) is 0.855. The highest BCUT2D eigenvalue weighted by atomic mass is 32.2. The van der Waals surface area contributed by atoms with E-state index in [9.17, 15) is 12.8 Å². The van der Waals surface area contributed by atoms with Crippen LogP contribution in [0.1, 0.15) is 11.1 Å². The maximum atomic E-state index is 13.3. The van der Waals surface area contributed by atoms with Gasteiger partial charge in [0.15, 0.2) is 0 Å². The number of hydrogen-bond donors (Lipinski definition) is 2. The van der Waals surface area contributed by atoms with Gasteiger partial charge in [0.25, 0.3) is 10.0 Å². The molecular weight excluding hydrogens is 279 g/mol. The molecule has 106 valence electrons. The zero-order chi connectivity index (χ0) is 14.9. The van der Waals surface area contributed by atoms with Crippen molar-refractivity contribution in [3.05, 3.63) is 53.3 Å². The van der Waals surface area contributed by atoms with Crippen LogP contribution >= 0.6 is 0 Å². The molecule has 0 radical (unpaired) electrons. The first-order valence-corrected chi connectivity index (χ1v) is 7.43. The molecule has 2 aromatic rings. The predicted octanol–water partition coefficient (Wildman–Crippen LogP) is 2.83. The number of nitrogens with one attached hydrogen (secondary N) is 1. The molecule has 6 heteroatoms. The molecule has 2 aromatic carbocycles. The number of rotatable bonds is 3. The lowest BCUT2D eigenvalue weighted by molar-refractivity contribution is 0.597. The second-order valence-corrected chi connectivity index (χ2v) is 6.21. The predicted molar refractivity (Wildman–Crippen MR) is 77.5 cm³/mol. The molecule has 20 heavy (non-hydrogen) atoms. The molecular formula is C14H15FN2O2S.